The number of likely N-dealkylation sites (tertiary alicyclic amines) is 1. The lowest BCUT2D eigenvalue weighted by atomic mass is 9.99. The first kappa shape index (κ1) is 19.0. The molecule has 0 saturated carbocycles. The molecule has 5 heteroatoms. The van der Waals surface area contributed by atoms with E-state index < -0.39 is 11.6 Å². The van der Waals surface area contributed by atoms with Crippen molar-refractivity contribution in [2.75, 3.05) is 6.54 Å². The van der Waals surface area contributed by atoms with E-state index in [0.717, 1.165) is 29.5 Å². The molecule has 2 aromatic carbocycles. The number of benzene rings is 2. The smallest absolute Gasteiger partial charge is 0.410 e. The molecule has 1 N–H and O–H groups in total. The van der Waals surface area contributed by atoms with Crippen molar-refractivity contribution in [3.8, 4) is 11.1 Å². The molecule has 0 aliphatic carbocycles. The van der Waals surface area contributed by atoms with Crippen LogP contribution in [0.5, 0.6) is 0 Å². The van der Waals surface area contributed by atoms with E-state index in [-0.39, 0.29) is 17.7 Å². The van der Waals surface area contributed by atoms with E-state index in [1.54, 1.807) is 24.3 Å². The Hall–Kier alpha value is -2.82. The molecule has 0 unspecified atom stereocenters. The maximum atomic E-state index is 12.5. The van der Waals surface area contributed by atoms with Crippen LogP contribution >= 0.6 is 0 Å². The van der Waals surface area contributed by atoms with Crippen LogP contribution in [-0.4, -0.2) is 34.2 Å². The van der Waals surface area contributed by atoms with Crippen molar-refractivity contribution in [3.05, 3.63) is 59.7 Å². The van der Waals surface area contributed by atoms with Gasteiger partial charge in [-0.05, 0) is 62.4 Å². The fraction of sp³-hybridized carbons (Fsp3) is 0.364. The second kappa shape index (κ2) is 7.43. The molecular weight excluding hydrogens is 342 g/mol. The average molecular weight is 367 g/mol. The summed E-state index contributed by atoms with van der Waals surface area (Å²) < 4.78 is 5.54. The average Bonchev–Trinajstić information content (AvgIpc) is 3.10. The van der Waals surface area contributed by atoms with Crippen LogP contribution in [0.4, 0.5) is 4.79 Å². The molecule has 5 nitrogen and oxygen atoms in total. The SMILES string of the molecule is CC(C)(C)OC(=O)N1CCC[C@@H]1c1ccc(-c2ccc(C(=O)O)cc2)cc1. The molecule has 1 fully saturated rings. The number of carbonyl (C=O) groups is 2. The van der Waals surface area contributed by atoms with Crippen molar-refractivity contribution in [1.29, 1.82) is 0 Å². The highest BCUT2D eigenvalue weighted by molar-refractivity contribution is 5.88. The fourth-order valence-corrected chi connectivity index (χ4v) is 3.36. The first-order chi connectivity index (χ1) is 12.7. The number of carbonyl (C=O) groups excluding carboxylic acids is 1. The van der Waals surface area contributed by atoms with Gasteiger partial charge in [-0.1, -0.05) is 36.4 Å². The molecule has 1 amide bonds. The van der Waals surface area contributed by atoms with Crippen LogP contribution < -0.4 is 0 Å². The normalized spacial score (nSPS) is 17.0. The summed E-state index contributed by atoms with van der Waals surface area (Å²) in [5, 5.41) is 9.00. The predicted molar refractivity (Wildman–Crippen MR) is 104 cm³/mol. The molecule has 0 spiro atoms. The third kappa shape index (κ3) is 4.48. The Kier molecular flexibility index (Phi) is 5.22. The molecule has 0 bridgehead atoms. The summed E-state index contributed by atoms with van der Waals surface area (Å²) in [7, 11) is 0. The second-order valence-corrected chi connectivity index (χ2v) is 7.84. The number of hydrogen-bond acceptors (Lipinski definition) is 3. The summed E-state index contributed by atoms with van der Waals surface area (Å²) in [6.07, 6.45) is 1.62. The number of hydrogen-bond donors (Lipinski definition) is 1. The Bertz CT molecular complexity index is 819. The van der Waals surface area contributed by atoms with Crippen molar-refractivity contribution < 1.29 is 19.4 Å². The molecule has 142 valence electrons. The van der Waals surface area contributed by atoms with Crippen LogP contribution in [0, 0.1) is 0 Å². The third-order valence-electron chi connectivity index (χ3n) is 4.64. The highest BCUT2D eigenvalue weighted by Gasteiger charge is 2.33. The molecule has 3 rings (SSSR count). The Labute approximate surface area is 159 Å². The van der Waals surface area contributed by atoms with Gasteiger partial charge in [-0.15, -0.1) is 0 Å². The molecule has 1 atom stereocenters. The van der Waals surface area contributed by atoms with Gasteiger partial charge in [-0.25, -0.2) is 9.59 Å². The molecule has 27 heavy (non-hydrogen) atoms. The largest absolute Gasteiger partial charge is 0.478 e. The molecule has 1 saturated heterocycles. The summed E-state index contributed by atoms with van der Waals surface area (Å²) in [6, 6.07) is 14.9. The quantitative estimate of drug-likeness (QED) is 0.817. The number of nitrogens with zero attached hydrogens (tertiary/aromatic N) is 1. The highest BCUT2D eigenvalue weighted by atomic mass is 16.6. The van der Waals surface area contributed by atoms with Gasteiger partial charge < -0.3 is 14.7 Å². The number of ether oxygens (including phenoxy) is 1. The Morgan fingerprint density at radius 1 is 1.00 bits per heavy atom. The van der Waals surface area contributed by atoms with E-state index in [1.807, 2.05) is 49.9 Å². The van der Waals surface area contributed by atoms with Gasteiger partial charge in [0.1, 0.15) is 5.60 Å². The van der Waals surface area contributed by atoms with Gasteiger partial charge in [-0.3, -0.25) is 0 Å². The Balaban J connectivity index is 1.76. The zero-order valence-corrected chi connectivity index (χ0v) is 15.9. The van der Waals surface area contributed by atoms with Crippen molar-refractivity contribution in [3.63, 3.8) is 0 Å². The van der Waals surface area contributed by atoms with Gasteiger partial charge in [-0.2, -0.15) is 0 Å². The van der Waals surface area contributed by atoms with Crippen LogP contribution in [-0.2, 0) is 4.74 Å². The molecule has 1 aliphatic heterocycles. The molecule has 0 radical (unpaired) electrons. The maximum Gasteiger partial charge on any atom is 0.410 e. The minimum absolute atomic E-state index is 0.0308. The summed E-state index contributed by atoms with van der Waals surface area (Å²) in [4.78, 5) is 25.3. The molecule has 2 aromatic rings. The standard InChI is InChI=1S/C22H25NO4/c1-22(2,3)27-21(26)23-14-4-5-19(23)17-10-6-15(7-11-17)16-8-12-18(13-9-16)20(24)25/h6-13,19H,4-5,14H2,1-3H3,(H,24,25)/t19-/m1/s1. The van der Waals surface area contributed by atoms with Crippen molar-refractivity contribution in [2.24, 2.45) is 0 Å². The van der Waals surface area contributed by atoms with E-state index >= 15 is 0 Å². The maximum absolute atomic E-state index is 12.5. The lowest BCUT2D eigenvalue weighted by Crippen LogP contribution is -2.36. The predicted octanol–water partition coefficient (Wildman–Crippen LogP) is 5.12. The van der Waals surface area contributed by atoms with Crippen LogP contribution in [0.3, 0.4) is 0 Å². The van der Waals surface area contributed by atoms with E-state index in [1.165, 1.54) is 0 Å². The van der Waals surface area contributed by atoms with Gasteiger partial charge in [0, 0.05) is 6.54 Å². The van der Waals surface area contributed by atoms with Crippen molar-refractivity contribution in [2.45, 2.75) is 45.3 Å². The minimum Gasteiger partial charge on any atom is -0.478 e. The number of amides is 1. The van der Waals surface area contributed by atoms with Crippen molar-refractivity contribution in [1.82, 2.24) is 4.90 Å². The zero-order valence-electron chi connectivity index (χ0n) is 15.9. The molecule has 1 heterocycles. The Morgan fingerprint density at radius 2 is 1.56 bits per heavy atom. The zero-order chi connectivity index (χ0) is 19.6. The van der Waals surface area contributed by atoms with Gasteiger partial charge in [0.15, 0.2) is 0 Å². The van der Waals surface area contributed by atoms with Crippen molar-refractivity contribution >= 4 is 12.1 Å². The molecular formula is C22H25NO4. The highest BCUT2D eigenvalue weighted by Crippen LogP contribution is 2.34. The first-order valence-corrected chi connectivity index (χ1v) is 9.18. The molecule has 1 aliphatic rings. The van der Waals surface area contributed by atoms with E-state index in [0.29, 0.717) is 6.54 Å². The Morgan fingerprint density at radius 3 is 2.07 bits per heavy atom. The third-order valence-corrected chi connectivity index (χ3v) is 4.64. The van der Waals surface area contributed by atoms with Crippen LogP contribution in [0.1, 0.15) is 55.6 Å². The lowest BCUT2D eigenvalue weighted by Gasteiger charge is -2.29. The van der Waals surface area contributed by atoms with Gasteiger partial charge in [0.2, 0.25) is 0 Å². The van der Waals surface area contributed by atoms with Gasteiger partial charge >= 0.3 is 12.1 Å². The number of carboxylic acid groups (broad SMARTS) is 1. The summed E-state index contributed by atoms with van der Waals surface area (Å²) >= 11 is 0. The number of rotatable bonds is 3. The van der Waals surface area contributed by atoms with Crippen LogP contribution in [0.2, 0.25) is 0 Å². The topological polar surface area (TPSA) is 66.8 Å². The fourth-order valence-electron chi connectivity index (χ4n) is 3.36. The lowest BCUT2D eigenvalue weighted by molar-refractivity contribution is 0.0224. The van der Waals surface area contributed by atoms with Crippen LogP contribution in [0.15, 0.2) is 48.5 Å². The van der Waals surface area contributed by atoms with E-state index in [2.05, 4.69) is 0 Å². The van der Waals surface area contributed by atoms with Crippen LogP contribution in [0.25, 0.3) is 11.1 Å². The number of aromatic carboxylic acids is 1. The monoisotopic (exact) mass is 367 g/mol. The van der Waals surface area contributed by atoms with E-state index in [9.17, 15) is 9.59 Å². The van der Waals surface area contributed by atoms with Gasteiger partial charge in [0.25, 0.3) is 0 Å². The molecule has 0 aromatic heterocycles. The van der Waals surface area contributed by atoms with E-state index in [4.69, 9.17) is 9.84 Å². The van der Waals surface area contributed by atoms with Gasteiger partial charge in [0.05, 0.1) is 11.6 Å². The minimum atomic E-state index is -0.930. The first-order valence-electron chi connectivity index (χ1n) is 9.18. The summed E-state index contributed by atoms with van der Waals surface area (Å²) in [5.41, 5.74) is 2.83. The summed E-state index contributed by atoms with van der Waals surface area (Å²) in [6.45, 7) is 6.33. The number of carboxylic acids is 1. The summed E-state index contributed by atoms with van der Waals surface area (Å²) in [5.74, 6) is -0.930. The second-order valence-electron chi connectivity index (χ2n) is 7.84.